The Kier molecular flexibility index (Phi) is 5.98. The Labute approximate surface area is 194 Å². The van der Waals surface area contributed by atoms with Crippen molar-refractivity contribution in [3.05, 3.63) is 65.2 Å². The first kappa shape index (κ1) is 22.1. The smallest absolute Gasteiger partial charge is 0.342 e. The molecule has 3 heterocycles. The molecule has 0 aliphatic carbocycles. The van der Waals surface area contributed by atoms with Crippen LogP contribution in [0.5, 0.6) is 5.75 Å². The van der Waals surface area contributed by atoms with Crippen LogP contribution in [0.15, 0.2) is 47.6 Å². The van der Waals surface area contributed by atoms with E-state index < -0.39 is 16.5 Å². The second-order valence-electron chi connectivity index (χ2n) is 8.10. The number of carbonyl (C=O) groups is 1. The molecule has 2 N–H and O–H groups in total. The normalized spacial score (nSPS) is 24.5. The van der Waals surface area contributed by atoms with E-state index in [9.17, 15) is 13.6 Å². The lowest BCUT2D eigenvalue weighted by molar-refractivity contribution is 0.0231. The van der Waals surface area contributed by atoms with Crippen LogP contribution in [-0.2, 0) is 9.61 Å². The molecular weight excluding hydrogens is 450 g/mol. The number of hydrogen-bond donors (Lipinski definition) is 1. The molecule has 3 aliphatic rings. The van der Waals surface area contributed by atoms with E-state index >= 15 is 0 Å². The van der Waals surface area contributed by atoms with E-state index in [1.165, 1.54) is 16.8 Å². The fraction of sp³-hybridized carbons (Fsp3) is 0.391. The lowest BCUT2D eigenvalue weighted by Crippen LogP contribution is -2.56. The first-order valence-corrected chi connectivity index (χ1v) is 11.7. The maximum absolute atomic E-state index is 14.8. The third-order valence-corrected chi connectivity index (χ3v) is 7.69. The number of rotatable bonds is 3. The van der Waals surface area contributed by atoms with Crippen LogP contribution in [0.2, 0.25) is 0 Å². The molecule has 2 amide bonds. The van der Waals surface area contributed by atoms with Crippen LogP contribution in [0.3, 0.4) is 0 Å². The Morgan fingerprint density at radius 2 is 2.00 bits per heavy atom. The Morgan fingerprint density at radius 1 is 1.21 bits per heavy atom. The van der Waals surface area contributed by atoms with Crippen LogP contribution < -0.4 is 10.5 Å². The van der Waals surface area contributed by atoms with Gasteiger partial charge in [0.15, 0.2) is 4.87 Å². The number of urea groups is 1. The maximum atomic E-state index is 14.8. The number of ether oxygens (including phenoxy) is 2. The van der Waals surface area contributed by atoms with Crippen molar-refractivity contribution in [3.8, 4) is 5.75 Å². The second kappa shape index (κ2) is 8.92. The van der Waals surface area contributed by atoms with Gasteiger partial charge in [0, 0.05) is 30.1 Å². The number of para-hydroxylation sites is 1. The summed E-state index contributed by atoms with van der Waals surface area (Å²) in [6.45, 7) is 2.41. The zero-order valence-electron chi connectivity index (χ0n) is 17.9. The molecule has 2 aromatic rings. The molecule has 1 spiro atoms. The predicted octanol–water partition coefficient (Wildman–Crippen LogP) is 3.34. The maximum Gasteiger partial charge on any atom is 0.342 e. The summed E-state index contributed by atoms with van der Waals surface area (Å²) in [5.74, 6) is -0.763. The first-order valence-electron chi connectivity index (χ1n) is 10.9. The van der Waals surface area contributed by atoms with Crippen molar-refractivity contribution in [1.29, 1.82) is 0 Å². The molecule has 0 saturated carbocycles. The predicted molar refractivity (Wildman–Crippen MR) is 121 cm³/mol. The van der Waals surface area contributed by atoms with Crippen LogP contribution in [0.4, 0.5) is 13.6 Å². The summed E-state index contributed by atoms with van der Waals surface area (Å²) in [5, 5.41) is 6.30. The van der Waals surface area contributed by atoms with Gasteiger partial charge in [-0.05, 0) is 37.2 Å². The quantitative estimate of drug-likeness (QED) is 0.738. The van der Waals surface area contributed by atoms with Gasteiger partial charge in [-0.25, -0.2) is 13.6 Å². The zero-order chi connectivity index (χ0) is 23.0. The van der Waals surface area contributed by atoms with Gasteiger partial charge >= 0.3 is 6.03 Å². The number of hydrogen-bond acceptors (Lipinski definition) is 6. The van der Waals surface area contributed by atoms with Gasteiger partial charge in [-0.15, -0.1) is 0 Å². The number of nitrogens with zero attached hydrogens (tertiary/aromatic N) is 3. The molecule has 2 unspecified atom stereocenters. The summed E-state index contributed by atoms with van der Waals surface area (Å²) in [4.78, 5) is 14.5. The molecule has 174 valence electrons. The molecule has 0 radical (unpaired) electrons. The molecule has 2 atom stereocenters. The summed E-state index contributed by atoms with van der Waals surface area (Å²) in [6.07, 6.45) is 0.558. The Balaban J connectivity index is 1.67. The van der Waals surface area contributed by atoms with E-state index in [2.05, 4.69) is 5.10 Å². The van der Waals surface area contributed by atoms with E-state index in [1.807, 2.05) is 24.3 Å². The average molecular weight is 475 g/mol. The number of hydrazone groups is 1. The molecule has 5 rings (SSSR count). The van der Waals surface area contributed by atoms with Crippen molar-refractivity contribution in [1.82, 2.24) is 9.91 Å². The number of thioether (sulfide) groups is 1. The fourth-order valence-corrected chi connectivity index (χ4v) is 6.06. The van der Waals surface area contributed by atoms with Gasteiger partial charge in [-0.2, -0.15) is 10.1 Å². The fourth-order valence-electron chi connectivity index (χ4n) is 4.54. The first-order chi connectivity index (χ1) is 16.0. The van der Waals surface area contributed by atoms with Gasteiger partial charge < -0.3 is 20.1 Å². The minimum absolute atomic E-state index is 0.0205. The van der Waals surface area contributed by atoms with Crippen molar-refractivity contribution < 1.29 is 23.0 Å². The Morgan fingerprint density at radius 3 is 2.79 bits per heavy atom. The summed E-state index contributed by atoms with van der Waals surface area (Å²) in [6, 6.07) is 10.4. The molecule has 3 aliphatic heterocycles. The highest BCUT2D eigenvalue weighted by atomic mass is 32.2. The molecule has 0 aromatic heterocycles. The summed E-state index contributed by atoms with van der Waals surface area (Å²) in [7, 11) is 0. The van der Waals surface area contributed by atoms with E-state index in [0.717, 1.165) is 23.8 Å². The molecule has 7 nitrogen and oxygen atoms in total. The third-order valence-electron chi connectivity index (χ3n) is 6.16. The highest BCUT2D eigenvalue weighted by Crippen LogP contribution is 2.57. The summed E-state index contributed by atoms with van der Waals surface area (Å²) >= 11 is 1.26. The highest BCUT2D eigenvalue weighted by Gasteiger charge is 2.57. The van der Waals surface area contributed by atoms with Crippen LogP contribution in [-0.4, -0.2) is 60.4 Å². The molecule has 0 bridgehead atoms. The number of nitrogens with two attached hydrogens (primary N) is 1. The number of benzene rings is 2. The van der Waals surface area contributed by atoms with Crippen LogP contribution >= 0.6 is 11.8 Å². The SMILES string of the molecule is NCCC1COc2ccccc2C12SC(c1cc(F)ccc1F)=NN2C(=O)N1CCOCC1. The Bertz CT molecular complexity index is 1100. The number of carbonyl (C=O) groups excluding carboxylic acids is 1. The van der Waals surface area contributed by atoms with Gasteiger partial charge in [-0.3, -0.25) is 0 Å². The number of amides is 2. The zero-order valence-corrected chi connectivity index (χ0v) is 18.7. The van der Waals surface area contributed by atoms with E-state index in [-0.39, 0.29) is 22.6 Å². The van der Waals surface area contributed by atoms with E-state index in [0.29, 0.717) is 51.6 Å². The molecule has 1 saturated heterocycles. The molecular formula is C23H24F2N4O3S. The van der Waals surface area contributed by atoms with Crippen molar-refractivity contribution in [2.24, 2.45) is 16.8 Å². The minimum Gasteiger partial charge on any atom is -0.493 e. The molecule has 33 heavy (non-hydrogen) atoms. The largest absolute Gasteiger partial charge is 0.493 e. The summed E-state index contributed by atoms with van der Waals surface area (Å²) < 4.78 is 40.2. The second-order valence-corrected chi connectivity index (χ2v) is 9.32. The molecule has 1 fully saturated rings. The number of halogens is 2. The lowest BCUT2D eigenvalue weighted by Gasteiger charge is -2.46. The van der Waals surface area contributed by atoms with Crippen LogP contribution in [0, 0.1) is 17.6 Å². The van der Waals surface area contributed by atoms with E-state index in [1.54, 1.807) is 4.90 Å². The third kappa shape index (κ3) is 3.75. The van der Waals surface area contributed by atoms with Gasteiger partial charge in [0.05, 0.1) is 19.8 Å². The van der Waals surface area contributed by atoms with Gasteiger partial charge in [0.1, 0.15) is 22.4 Å². The van der Waals surface area contributed by atoms with Gasteiger partial charge in [0.2, 0.25) is 0 Å². The number of morpholine rings is 1. The molecule has 10 heteroatoms. The standard InChI is InChI=1S/C23H24F2N4O3S/c24-16-5-6-19(25)17(13-16)21-27-29(22(30)28-9-11-31-12-10-28)23(33-21)15(7-8-26)14-32-20-4-2-1-3-18(20)23/h1-6,13,15H,7-12,14,26H2. The average Bonchev–Trinajstić information content (AvgIpc) is 3.23. The van der Waals surface area contributed by atoms with Crippen molar-refractivity contribution in [2.75, 3.05) is 39.5 Å². The lowest BCUT2D eigenvalue weighted by atomic mass is 9.87. The topological polar surface area (TPSA) is 80.4 Å². The monoisotopic (exact) mass is 474 g/mol. The van der Waals surface area contributed by atoms with Gasteiger partial charge in [0.25, 0.3) is 0 Å². The highest BCUT2D eigenvalue weighted by molar-refractivity contribution is 8.15. The minimum atomic E-state index is -1.00. The van der Waals surface area contributed by atoms with Crippen LogP contribution in [0.1, 0.15) is 17.5 Å². The van der Waals surface area contributed by atoms with Crippen molar-refractivity contribution in [3.63, 3.8) is 0 Å². The number of fused-ring (bicyclic) bond motifs is 2. The van der Waals surface area contributed by atoms with E-state index in [4.69, 9.17) is 15.2 Å². The molecule has 2 aromatic carbocycles. The van der Waals surface area contributed by atoms with Gasteiger partial charge in [-0.1, -0.05) is 30.0 Å². The van der Waals surface area contributed by atoms with Crippen molar-refractivity contribution in [2.45, 2.75) is 11.3 Å². The summed E-state index contributed by atoms with van der Waals surface area (Å²) in [5.41, 5.74) is 6.72. The van der Waals surface area contributed by atoms with Crippen molar-refractivity contribution >= 4 is 22.8 Å². The van der Waals surface area contributed by atoms with Crippen LogP contribution in [0.25, 0.3) is 0 Å². The Hall–Kier alpha value is -2.69.